The number of anilines is 2. The second-order valence-corrected chi connectivity index (χ2v) is 8.38. The minimum absolute atomic E-state index is 0.0437. The Labute approximate surface area is 165 Å². The lowest BCUT2D eigenvalue weighted by Gasteiger charge is -2.25. The van der Waals surface area contributed by atoms with E-state index < -0.39 is 5.92 Å². The summed E-state index contributed by atoms with van der Waals surface area (Å²) in [5, 5.41) is 12.1. The predicted molar refractivity (Wildman–Crippen MR) is 109 cm³/mol. The molecule has 1 aliphatic heterocycles. The van der Waals surface area contributed by atoms with Crippen molar-refractivity contribution in [3.63, 3.8) is 0 Å². The maximum atomic E-state index is 12.9. The van der Waals surface area contributed by atoms with Crippen LogP contribution >= 0.6 is 0 Å². The van der Waals surface area contributed by atoms with Crippen LogP contribution in [0.1, 0.15) is 43.9 Å². The van der Waals surface area contributed by atoms with Crippen molar-refractivity contribution in [3.05, 3.63) is 47.2 Å². The number of nitrogens with one attached hydrogen (secondary N) is 1. The molecule has 0 saturated carbocycles. The quantitative estimate of drug-likeness (QED) is 0.884. The van der Waals surface area contributed by atoms with Gasteiger partial charge in [-0.3, -0.25) is 9.59 Å². The molecule has 0 aliphatic carbocycles. The van der Waals surface area contributed by atoms with Gasteiger partial charge in [0.25, 0.3) is 0 Å². The molecule has 2 amide bonds. The summed E-state index contributed by atoms with van der Waals surface area (Å²) in [6.45, 7) is 10.4. The van der Waals surface area contributed by atoms with E-state index in [9.17, 15) is 14.9 Å². The van der Waals surface area contributed by atoms with Crippen LogP contribution in [-0.2, 0) is 15.1 Å². The van der Waals surface area contributed by atoms with Gasteiger partial charge in [-0.2, -0.15) is 5.26 Å². The van der Waals surface area contributed by atoms with E-state index in [1.54, 1.807) is 17.2 Å². The van der Waals surface area contributed by atoms with Crippen molar-refractivity contribution in [2.45, 2.75) is 46.6 Å². The predicted octanol–water partition coefficient (Wildman–Crippen LogP) is 3.72. The highest BCUT2D eigenvalue weighted by Gasteiger charge is 2.36. The number of amides is 2. The number of rotatable bonds is 3. The highest BCUT2D eigenvalue weighted by atomic mass is 16.2. The summed E-state index contributed by atoms with van der Waals surface area (Å²) in [6.07, 6.45) is 1.92. The monoisotopic (exact) mass is 378 g/mol. The van der Waals surface area contributed by atoms with Crippen molar-refractivity contribution in [1.29, 1.82) is 5.26 Å². The van der Waals surface area contributed by atoms with Crippen molar-refractivity contribution in [3.8, 4) is 6.07 Å². The summed E-state index contributed by atoms with van der Waals surface area (Å²) in [5.74, 6) is -0.0973. The molecule has 0 spiro atoms. The van der Waals surface area contributed by atoms with Gasteiger partial charge >= 0.3 is 0 Å². The van der Waals surface area contributed by atoms with E-state index in [-0.39, 0.29) is 23.8 Å². The largest absolute Gasteiger partial charge is 0.328 e. The van der Waals surface area contributed by atoms with Gasteiger partial charge in [-0.25, -0.2) is 0 Å². The molecule has 1 aliphatic rings. The lowest BCUT2D eigenvalue weighted by atomic mass is 10.1. The fourth-order valence-corrected chi connectivity index (χ4v) is 3.55. The number of hydrogen-bond acceptors (Lipinski definition) is 3. The average Bonchev–Trinajstić information content (AvgIpc) is 3.21. The Morgan fingerprint density at radius 2 is 2.00 bits per heavy atom. The number of benzene rings is 1. The molecule has 2 aromatic rings. The number of nitrogens with zero attached hydrogens (tertiary/aromatic N) is 3. The minimum Gasteiger partial charge on any atom is -0.328 e. The van der Waals surface area contributed by atoms with Gasteiger partial charge in [0.1, 0.15) is 11.9 Å². The molecule has 28 heavy (non-hydrogen) atoms. The molecule has 0 radical (unpaired) electrons. The highest BCUT2D eigenvalue weighted by molar-refractivity contribution is 6.03. The number of aromatic nitrogens is 1. The Kier molecular flexibility index (Phi) is 5.03. The van der Waals surface area contributed by atoms with Crippen LogP contribution in [0.2, 0.25) is 0 Å². The Morgan fingerprint density at radius 3 is 2.64 bits per heavy atom. The van der Waals surface area contributed by atoms with Crippen LogP contribution in [0.5, 0.6) is 0 Å². The van der Waals surface area contributed by atoms with Crippen molar-refractivity contribution >= 4 is 23.3 Å². The summed E-state index contributed by atoms with van der Waals surface area (Å²) >= 11 is 0. The smallest absolute Gasteiger partial charge is 0.230 e. The van der Waals surface area contributed by atoms with Gasteiger partial charge in [-0.05, 0) is 57.9 Å². The zero-order valence-electron chi connectivity index (χ0n) is 17.0. The third kappa shape index (κ3) is 3.65. The summed E-state index contributed by atoms with van der Waals surface area (Å²) in [7, 11) is 0. The molecule has 1 saturated heterocycles. The molecule has 0 bridgehead atoms. The SMILES string of the molecule is Cc1cccc(N2C[C@H](C(=O)Nc3cc(C#N)cn3C(C)(C)C)CC2=O)c1C. The third-order valence-corrected chi connectivity index (χ3v) is 5.29. The molecule has 0 unspecified atom stereocenters. The number of carbonyl (C=O) groups excluding carboxylic acids is 2. The van der Waals surface area contributed by atoms with Crippen LogP contribution in [0, 0.1) is 31.1 Å². The van der Waals surface area contributed by atoms with Crippen molar-refractivity contribution in [2.24, 2.45) is 5.92 Å². The van der Waals surface area contributed by atoms with Crippen LogP contribution in [0.15, 0.2) is 30.5 Å². The Hall–Kier alpha value is -3.07. The van der Waals surface area contributed by atoms with E-state index in [4.69, 9.17) is 0 Å². The zero-order chi connectivity index (χ0) is 20.6. The minimum atomic E-state index is -0.429. The maximum Gasteiger partial charge on any atom is 0.230 e. The first-order chi connectivity index (χ1) is 13.1. The van der Waals surface area contributed by atoms with Crippen molar-refractivity contribution in [2.75, 3.05) is 16.8 Å². The van der Waals surface area contributed by atoms with Crippen LogP contribution < -0.4 is 10.2 Å². The zero-order valence-corrected chi connectivity index (χ0v) is 17.0. The van der Waals surface area contributed by atoms with Gasteiger partial charge < -0.3 is 14.8 Å². The van der Waals surface area contributed by atoms with Crippen LogP contribution in [0.4, 0.5) is 11.5 Å². The molecule has 1 fully saturated rings. The number of carbonyl (C=O) groups is 2. The van der Waals surface area contributed by atoms with E-state index in [0.717, 1.165) is 16.8 Å². The average molecular weight is 378 g/mol. The normalized spacial score (nSPS) is 16.9. The molecule has 6 nitrogen and oxygen atoms in total. The van der Waals surface area contributed by atoms with Crippen molar-refractivity contribution < 1.29 is 9.59 Å². The van der Waals surface area contributed by atoms with E-state index in [2.05, 4.69) is 11.4 Å². The van der Waals surface area contributed by atoms with E-state index in [0.29, 0.717) is 17.9 Å². The van der Waals surface area contributed by atoms with E-state index >= 15 is 0 Å². The first kappa shape index (κ1) is 19.7. The summed E-state index contributed by atoms with van der Waals surface area (Å²) < 4.78 is 1.88. The Morgan fingerprint density at radius 1 is 1.29 bits per heavy atom. The summed E-state index contributed by atoms with van der Waals surface area (Å²) in [4.78, 5) is 27.2. The van der Waals surface area contributed by atoms with Gasteiger partial charge in [-0.1, -0.05) is 12.1 Å². The molecule has 1 aromatic carbocycles. The molecule has 146 valence electrons. The molecule has 1 aromatic heterocycles. The topological polar surface area (TPSA) is 78.1 Å². The van der Waals surface area contributed by atoms with Gasteiger partial charge in [0.05, 0.1) is 11.5 Å². The van der Waals surface area contributed by atoms with Gasteiger partial charge in [0.15, 0.2) is 0 Å². The Balaban J connectivity index is 1.80. The molecule has 1 atom stereocenters. The van der Waals surface area contributed by atoms with Gasteiger partial charge in [0, 0.05) is 30.4 Å². The highest BCUT2D eigenvalue weighted by Crippen LogP contribution is 2.31. The molecule has 1 N–H and O–H groups in total. The maximum absolute atomic E-state index is 12.9. The van der Waals surface area contributed by atoms with Gasteiger partial charge in [0.2, 0.25) is 11.8 Å². The molecular formula is C22H26N4O2. The fraction of sp³-hybridized carbons (Fsp3) is 0.409. The fourth-order valence-electron chi connectivity index (χ4n) is 3.55. The molecule has 3 rings (SSSR count). The number of nitriles is 1. The van der Waals surface area contributed by atoms with E-state index in [1.807, 2.05) is 57.4 Å². The number of hydrogen-bond donors (Lipinski definition) is 1. The third-order valence-electron chi connectivity index (χ3n) is 5.29. The first-order valence-electron chi connectivity index (χ1n) is 9.42. The Bertz CT molecular complexity index is 975. The van der Waals surface area contributed by atoms with Crippen LogP contribution in [0.3, 0.4) is 0 Å². The van der Waals surface area contributed by atoms with Crippen molar-refractivity contribution in [1.82, 2.24) is 4.57 Å². The van der Waals surface area contributed by atoms with E-state index in [1.165, 1.54) is 0 Å². The lowest BCUT2D eigenvalue weighted by Crippen LogP contribution is -2.30. The second-order valence-electron chi connectivity index (χ2n) is 8.38. The van der Waals surface area contributed by atoms with Crippen LogP contribution in [0.25, 0.3) is 0 Å². The van der Waals surface area contributed by atoms with Crippen LogP contribution in [-0.4, -0.2) is 22.9 Å². The number of aryl methyl sites for hydroxylation is 1. The molecule has 2 heterocycles. The molecule has 6 heteroatoms. The standard InChI is InChI=1S/C22H26N4O2/c1-14-7-6-8-18(15(14)2)25-13-17(10-20(25)27)21(28)24-19-9-16(11-23)12-26(19)22(3,4)5/h6-9,12,17H,10,13H2,1-5H3,(H,24,28)/t17-/m1/s1. The lowest BCUT2D eigenvalue weighted by molar-refractivity contribution is -0.122. The van der Waals surface area contributed by atoms with Gasteiger partial charge in [-0.15, -0.1) is 0 Å². The summed E-state index contributed by atoms with van der Waals surface area (Å²) in [6, 6.07) is 9.64. The molecular weight excluding hydrogens is 352 g/mol. The summed E-state index contributed by atoms with van der Waals surface area (Å²) in [5.41, 5.74) is 3.24. The first-order valence-corrected chi connectivity index (χ1v) is 9.42. The second kappa shape index (κ2) is 7.16.